The fourth-order valence-electron chi connectivity index (χ4n) is 1.58. The van der Waals surface area contributed by atoms with E-state index in [1.807, 2.05) is 0 Å². The number of hydrogen-bond donors (Lipinski definition) is 0. The zero-order valence-electron chi connectivity index (χ0n) is 5.43. The second kappa shape index (κ2) is 1.47. The van der Waals surface area contributed by atoms with Crippen molar-refractivity contribution in [3.05, 3.63) is 0 Å². The van der Waals surface area contributed by atoms with Gasteiger partial charge in [0.1, 0.15) is 0 Å². The molecule has 0 N–H and O–H groups in total. The van der Waals surface area contributed by atoms with Crippen molar-refractivity contribution < 1.29 is 0 Å². The number of hydrogen-bond acceptors (Lipinski definition) is 1. The first kappa shape index (κ1) is 4.80. The lowest BCUT2D eigenvalue weighted by atomic mass is 9.81. The van der Waals surface area contributed by atoms with Gasteiger partial charge < -0.3 is 0 Å². The Morgan fingerprint density at radius 3 is 2.12 bits per heavy atom. The van der Waals surface area contributed by atoms with E-state index in [0.717, 1.165) is 12.0 Å². The summed E-state index contributed by atoms with van der Waals surface area (Å²) in [5.41, 5.74) is 0. The van der Waals surface area contributed by atoms with Gasteiger partial charge in [-0.25, -0.2) is 0 Å². The van der Waals surface area contributed by atoms with Gasteiger partial charge >= 0.3 is 0 Å². The second-order valence-electron chi connectivity index (χ2n) is 3.16. The van der Waals surface area contributed by atoms with Gasteiger partial charge in [-0.15, -0.1) is 0 Å². The third-order valence-electron chi connectivity index (χ3n) is 2.53. The predicted molar refractivity (Wildman–Crippen MR) is 33.8 cm³/mol. The summed E-state index contributed by atoms with van der Waals surface area (Å²) in [7, 11) is 0. The van der Waals surface area contributed by atoms with Gasteiger partial charge in [0.25, 0.3) is 0 Å². The summed E-state index contributed by atoms with van der Waals surface area (Å²) in [5, 5.41) is 0. The minimum atomic E-state index is 0.995. The minimum Gasteiger partial charge on any atom is -0.298 e. The summed E-state index contributed by atoms with van der Waals surface area (Å²) in [6.07, 6.45) is 2.95. The van der Waals surface area contributed by atoms with E-state index in [0.29, 0.717) is 0 Å². The molecule has 0 aromatic carbocycles. The molecule has 1 unspecified atom stereocenters. The fraction of sp³-hybridized carbons (Fsp3) is 1.00. The highest BCUT2D eigenvalue weighted by Crippen LogP contribution is 2.34. The van der Waals surface area contributed by atoms with Crippen LogP contribution in [0.2, 0.25) is 0 Å². The molecule has 0 aromatic heterocycles. The standard InChI is InChI=1S/C7H13N/c1-6-2-3-7(6)8-4-5-8/h6-7H,2-5H2,1H3/t6-,7?/m1/s1. The first-order chi connectivity index (χ1) is 3.88. The molecule has 2 atom stereocenters. The van der Waals surface area contributed by atoms with Crippen LogP contribution in [0.4, 0.5) is 0 Å². The van der Waals surface area contributed by atoms with E-state index >= 15 is 0 Å². The van der Waals surface area contributed by atoms with E-state index < -0.39 is 0 Å². The Kier molecular flexibility index (Phi) is 0.884. The third kappa shape index (κ3) is 0.576. The molecule has 1 nitrogen and oxygen atoms in total. The van der Waals surface area contributed by atoms with Gasteiger partial charge in [0.05, 0.1) is 0 Å². The van der Waals surface area contributed by atoms with E-state index in [2.05, 4.69) is 11.8 Å². The minimum absolute atomic E-state index is 0.995. The quantitative estimate of drug-likeness (QED) is 0.458. The van der Waals surface area contributed by atoms with Crippen molar-refractivity contribution >= 4 is 0 Å². The molecule has 1 saturated heterocycles. The van der Waals surface area contributed by atoms with Gasteiger partial charge in [-0.05, 0) is 18.8 Å². The van der Waals surface area contributed by atoms with E-state index in [1.165, 1.54) is 25.9 Å². The summed E-state index contributed by atoms with van der Waals surface area (Å²) in [6, 6.07) is 0.995. The van der Waals surface area contributed by atoms with Crippen LogP contribution in [0.15, 0.2) is 0 Å². The lowest BCUT2D eigenvalue weighted by molar-refractivity contribution is 0.169. The molecule has 0 bridgehead atoms. The zero-order valence-corrected chi connectivity index (χ0v) is 5.43. The lowest BCUT2D eigenvalue weighted by Gasteiger charge is -2.34. The van der Waals surface area contributed by atoms with E-state index in [-0.39, 0.29) is 0 Å². The summed E-state index contributed by atoms with van der Waals surface area (Å²) in [4.78, 5) is 2.58. The number of rotatable bonds is 1. The first-order valence-electron chi connectivity index (χ1n) is 3.62. The summed E-state index contributed by atoms with van der Waals surface area (Å²) in [6.45, 7) is 5.14. The molecule has 8 heavy (non-hydrogen) atoms. The Morgan fingerprint density at radius 2 is 2.00 bits per heavy atom. The van der Waals surface area contributed by atoms with Gasteiger partial charge in [-0.1, -0.05) is 6.92 Å². The molecule has 1 heterocycles. The Bertz CT molecular complexity index is 94.6. The molecule has 1 aliphatic carbocycles. The highest BCUT2D eigenvalue weighted by atomic mass is 15.3. The van der Waals surface area contributed by atoms with Crippen molar-refractivity contribution in [1.29, 1.82) is 0 Å². The molecule has 2 fully saturated rings. The van der Waals surface area contributed by atoms with Crippen molar-refractivity contribution in [1.82, 2.24) is 4.90 Å². The van der Waals surface area contributed by atoms with E-state index in [1.54, 1.807) is 0 Å². The van der Waals surface area contributed by atoms with Crippen LogP contribution < -0.4 is 0 Å². The Morgan fingerprint density at radius 1 is 1.25 bits per heavy atom. The molecule has 0 amide bonds. The van der Waals surface area contributed by atoms with Gasteiger partial charge in [0, 0.05) is 19.1 Å². The van der Waals surface area contributed by atoms with E-state index in [9.17, 15) is 0 Å². The van der Waals surface area contributed by atoms with Crippen LogP contribution in [0.1, 0.15) is 19.8 Å². The third-order valence-corrected chi connectivity index (χ3v) is 2.53. The van der Waals surface area contributed by atoms with Gasteiger partial charge in [0.2, 0.25) is 0 Å². The van der Waals surface area contributed by atoms with Crippen LogP contribution in [-0.4, -0.2) is 24.0 Å². The zero-order chi connectivity index (χ0) is 5.56. The lowest BCUT2D eigenvalue weighted by Crippen LogP contribution is -2.35. The second-order valence-corrected chi connectivity index (χ2v) is 3.16. The molecule has 2 rings (SSSR count). The largest absolute Gasteiger partial charge is 0.298 e. The molecule has 1 heteroatoms. The van der Waals surface area contributed by atoms with Crippen LogP contribution >= 0.6 is 0 Å². The molecule has 0 aromatic rings. The Labute approximate surface area is 50.7 Å². The maximum atomic E-state index is 2.58. The Balaban J connectivity index is 1.87. The van der Waals surface area contributed by atoms with Crippen LogP contribution in [0.25, 0.3) is 0 Å². The molecular formula is C7H13N. The topological polar surface area (TPSA) is 3.01 Å². The highest BCUT2D eigenvalue weighted by Gasteiger charge is 2.36. The summed E-state index contributed by atoms with van der Waals surface area (Å²) >= 11 is 0. The predicted octanol–water partition coefficient (Wildman–Crippen LogP) is 1.10. The van der Waals surface area contributed by atoms with Crippen LogP contribution in [0, 0.1) is 5.92 Å². The normalized spacial score (nSPS) is 46.1. The SMILES string of the molecule is C[C@@H]1CCC1N1CC1. The molecule has 1 aliphatic heterocycles. The average Bonchev–Trinajstić information content (AvgIpc) is 2.46. The van der Waals surface area contributed by atoms with Crippen LogP contribution in [0.3, 0.4) is 0 Å². The molecule has 2 aliphatic rings. The highest BCUT2D eigenvalue weighted by molar-refractivity contribution is 4.92. The van der Waals surface area contributed by atoms with E-state index in [4.69, 9.17) is 0 Å². The van der Waals surface area contributed by atoms with Crippen molar-refractivity contribution in [3.63, 3.8) is 0 Å². The summed E-state index contributed by atoms with van der Waals surface area (Å²) in [5.74, 6) is 1.01. The smallest absolute Gasteiger partial charge is 0.0122 e. The summed E-state index contributed by atoms with van der Waals surface area (Å²) < 4.78 is 0. The number of nitrogens with zero attached hydrogens (tertiary/aromatic N) is 1. The first-order valence-corrected chi connectivity index (χ1v) is 3.62. The van der Waals surface area contributed by atoms with Gasteiger partial charge in [-0.3, -0.25) is 4.90 Å². The molecule has 0 radical (unpaired) electrons. The van der Waals surface area contributed by atoms with Crippen molar-refractivity contribution in [2.75, 3.05) is 13.1 Å². The molecule has 46 valence electrons. The van der Waals surface area contributed by atoms with Crippen molar-refractivity contribution in [2.24, 2.45) is 5.92 Å². The van der Waals surface area contributed by atoms with Gasteiger partial charge in [0.15, 0.2) is 0 Å². The molecular weight excluding hydrogens is 98.1 g/mol. The fourth-order valence-corrected chi connectivity index (χ4v) is 1.58. The average molecular weight is 111 g/mol. The maximum Gasteiger partial charge on any atom is 0.0122 e. The Hall–Kier alpha value is -0.0400. The van der Waals surface area contributed by atoms with Gasteiger partial charge in [-0.2, -0.15) is 0 Å². The van der Waals surface area contributed by atoms with Crippen LogP contribution in [-0.2, 0) is 0 Å². The van der Waals surface area contributed by atoms with Crippen molar-refractivity contribution in [3.8, 4) is 0 Å². The maximum absolute atomic E-state index is 2.58. The van der Waals surface area contributed by atoms with Crippen molar-refractivity contribution in [2.45, 2.75) is 25.8 Å². The van der Waals surface area contributed by atoms with Crippen LogP contribution in [0.5, 0.6) is 0 Å². The molecule has 0 spiro atoms. The molecule has 1 saturated carbocycles. The monoisotopic (exact) mass is 111 g/mol.